The number of nitrogens with zero attached hydrogens (tertiary/aromatic N) is 4. The second-order valence-corrected chi connectivity index (χ2v) is 24.9. The second-order valence-electron chi connectivity index (χ2n) is 24.9. The summed E-state index contributed by atoms with van der Waals surface area (Å²) in [5.41, 5.74) is -0.806. The standard InChI is InChI=1S/C48H94N8O2/c1-21-37(53(20)33-24-41(4,5)49-42(6,7)25-33)54(34-26-43(8,9)50-44(10,11)27-34)32-40(58)56(36-30-47(16,17)52-48(18,19)31-36)38(22-2)55(39(57)23-3)35-28-45(12,13)51-46(14,15)29-35/h33-38,49-52H,21-32H2,1-20H3. The molecule has 0 saturated carbocycles. The van der Waals surface area contributed by atoms with Crippen molar-refractivity contribution in [1.29, 1.82) is 0 Å². The number of hydrogen-bond donors (Lipinski definition) is 4. The summed E-state index contributed by atoms with van der Waals surface area (Å²) < 4.78 is 0. The molecule has 10 heteroatoms. The molecule has 4 fully saturated rings. The molecule has 4 saturated heterocycles. The molecule has 0 aliphatic carbocycles. The molecule has 2 amide bonds. The Hall–Kier alpha value is -1.30. The van der Waals surface area contributed by atoms with Gasteiger partial charge in [0.25, 0.3) is 0 Å². The Labute approximate surface area is 357 Å². The highest BCUT2D eigenvalue weighted by molar-refractivity contribution is 5.81. The van der Waals surface area contributed by atoms with Crippen LogP contribution < -0.4 is 21.3 Å². The summed E-state index contributed by atoms with van der Waals surface area (Å²) in [5.74, 6) is 0.315. The maximum absolute atomic E-state index is 16.1. The minimum absolute atomic E-state index is 0.00513. The molecule has 4 aliphatic heterocycles. The Kier molecular flexibility index (Phi) is 14.6. The van der Waals surface area contributed by atoms with Crippen LogP contribution in [0.5, 0.6) is 0 Å². The van der Waals surface area contributed by atoms with Gasteiger partial charge in [-0.2, -0.15) is 0 Å². The van der Waals surface area contributed by atoms with Crippen LogP contribution in [-0.4, -0.2) is 126 Å². The zero-order valence-electron chi connectivity index (χ0n) is 41.6. The normalized spacial score (nSPS) is 27.9. The van der Waals surface area contributed by atoms with Crippen LogP contribution in [0.2, 0.25) is 0 Å². The minimum Gasteiger partial charge on any atom is -0.319 e. The number of carbonyl (C=O) groups is 2. The van der Waals surface area contributed by atoms with E-state index in [0.717, 1.165) is 57.8 Å². The van der Waals surface area contributed by atoms with Gasteiger partial charge >= 0.3 is 0 Å². The summed E-state index contributed by atoms with van der Waals surface area (Å²) in [6.07, 6.45) is 9.16. The Bertz CT molecular complexity index is 1370. The third kappa shape index (κ3) is 12.4. The largest absolute Gasteiger partial charge is 0.319 e. The smallest absolute Gasteiger partial charge is 0.238 e. The molecule has 0 aromatic heterocycles. The summed E-state index contributed by atoms with van der Waals surface area (Å²) in [5, 5.41) is 15.6. The third-order valence-corrected chi connectivity index (χ3v) is 13.9. The molecular formula is C48H94N8O2. The predicted molar refractivity (Wildman–Crippen MR) is 244 cm³/mol. The van der Waals surface area contributed by atoms with Crippen LogP contribution in [0.15, 0.2) is 0 Å². The van der Waals surface area contributed by atoms with Crippen molar-refractivity contribution < 1.29 is 9.59 Å². The molecule has 0 aromatic rings. The van der Waals surface area contributed by atoms with Gasteiger partial charge in [-0.1, -0.05) is 20.8 Å². The number of nitrogens with one attached hydrogen (secondary N) is 4. The van der Waals surface area contributed by atoms with Crippen LogP contribution in [-0.2, 0) is 9.59 Å². The first-order chi connectivity index (χ1) is 26.2. The van der Waals surface area contributed by atoms with E-state index in [1.165, 1.54) is 0 Å². The lowest BCUT2D eigenvalue weighted by atomic mass is 9.77. The molecule has 0 radical (unpaired) electrons. The Morgan fingerprint density at radius 2 is 0.724 bits per heavy atom. The Morgan fingerprint density at radius 1 is 0.448 bits per heavy atom. The molecule has 4 aliphatic rings. The number of rotatable bonds is 13. The lowest BCUT2D eigenvalue weighted by molar-refractivity contribution is -0.160. The van der Waals surface area contributed by atoms with Crippen LogP contribution in [0, 0.1) is 0 Å². The maximum atomic E-state index is 16.1. The highest BCUT2D eigenvalue weighted by atomic mass is 16.2. The molecule has 338 valence electrons. The van der Waals surface area contributed by atoms with Crippen molar-refractivity contribution in [3.63, 3.8) is 0 Å². The number of carbonyl (C=O) groups excluding carboxylic acids is 2. The highest BCUT2D eigenvalue weighted by Gasteiger charge is 2.51. The van der Waals surface area contributed by atoms with Crippen LogP contribution >= 0.6 is 0 Å². The Balaban J connectivity index is 1.88. The molecule has 4 rings (SSSR count). The van der Waals surface area contributed by atoms with E-state index in [0.29, 0.717) is 25.4 Å². The van der Waals surface area contributed by atoms with Crippen molar-refractivity contribution in [2.24, 2.45) is 0 Å². The monoisotopic (exact) mass is 815 g/mol. The molecular weight excluding hydrogens is 721 g/mol. The fraction of sp³-hybridized carbons (Fsp3) is 0.958. The number of piperidine rings is 4. The average Bonchev–Trinajstić information content (AvgIpc) is 2.98. The van der Waals surface area contributed by atoms with E-state index in [9.17, 15) is 4.79 Å². The van der Waals surface area contributed by atoms with Crippen molar-refractivity contribution in [3.8, 4) is 0 Å². The van der Waals surface area contributed by atoms with E-state index < -0.39 is 0 Å². The van der Waals surface area contributed by atoms with E-state index in [1.807, 2.05) is 6.92 Å². The molecule has 2 atom stereocenters. The van der Waals surface area contributed by atoms with Gasteiger partial charge in [-0.05, 0) is 182 Å². The molecule has 10 nitrogen and oxygen atoms in total. The maximum Gasteiger partial charge on any atom is 0.238 e. The van der Waals surface area contributed by atoms with Gasteiger partial charge in [-0.3, -0.25) is 19.4 Å². The zero-order valence-corrected chi connectivity index (χ0v) is 41.6. The first kappa shape index (κ1) is 49.4. The fourth-order valence-corrected chi connectivity index (χ4v) is 13.6. The quantitative estimate of drug-likeness (QED) is 0.139. The topological polar surface area (TPSA) is 95.2 Å². The summed E-state index contributed by atoms with van der Waals surface area (Å²) in [4.78, 5) is 40.4. The lowest BCUT2D eigenvalue weighted by Crippen LogP contribution is -2.70. The molecule has 4 N–H and O–H groups in total. The van der Waals surface area contributed by atoms with E-state index in [-0.39, 0.29) is 86.6 Å². The number of hydrogen-bond acceptors (Lipinski definition) is 8. The minimum atomic E-state index is -0.337. The second kappa shape index (κ2) is 17.1. The van der Waals surface area contributed by atoms with E-state index >= 15 is 4.79 Å². The SMILES string of the molecule is CCC(=O)N(C1CC(C)(C)NC(C)(C)C1)C(CC)N(C(=O)CN(C1CC(C)(C)NC(C)(C)C1)C(CC)N(C)C1CC(C)(C)NC(C)(C)C1)C1CC(C)(C)NC(C)(C)C1. The van der Waals surface area contributed by atoms with E-state index in [1.54, 1.807) is 0 Å². The highest BCUT2D eigenvalue weighted by Crippen LogP contribution is 2.40. The molecule has 0 aromatic carbocycles. The molecule has 58 heavy (non-hydrogen) atoms. The van der Waals surface area contributed by atoms with E-state index in [2.05, 4.69) is 173 Å². The van der Waals surface area contributed by atoms with Crippen LogP contribution in [0.3, 0.4) is 0 Å². The third-order valence-electron chi connectivity index (χ3n) is 13.9. The van der Waals surface area contributed by atoms with Crippen molar-refractivity contribution >= 4 is 11.8 Å². The van der Waals surface area contributed by atoms with Gasteiger partial charge in [0, 0.05) is 74.9 Å². The average molecular weight is 815 g/mol. The predicted octanol–water partition coefficient (Wildman–Crippen LogP) is 8.00. The summed E-state index contributed by atoms with van der Waals surface area (Å²) in [6, 6.07) is 0.564. The van der Waals surface area contributed by atoms with E-state index in [4.69, 9.17) is 0 Å². The van der Waals surface area contributed by atoms with Gasteiger partial charge in [-0.25, -0.2) is 0 Å². The van der Waals surface area contributed by atoms with Gasteiger partial charge in [0.15, 0.2) is 0 Å². The molecule has 0 spiro atoms. The zero-order chi connectivity index (χ0) is 44.2. The van der Waals surface area contributed by atoms with Crippen LogP contribution in [0.4, 0.5) is 0 Å². The summed E-state index contributed by atoms with van der Waals surface area (Å²) in [6.45, 7) is 43.7. The van der Waals surface area contributed by atoms with Crippen molar-refractivity contribution in [3.05, 3.63) is 0 Å². The first-order valence-corrected chi connectivity index (χ1v) is 23.4. The van der Waals surface area contributed by atoms with Gasteiger partial charge in [-0.15, -0.1) is 0 Å². The van der Waals surface area contributed by atoms with Gasteiger partial charge < -0.3 is 31.1 Å². The van der Waals surface area contributed by atoms with Crippen molar-refractivity contribution in [1.82, 2.24) is 40.9 Å². The summed E-state index contributed by atoms with van der Waals surface area (Å²) in [7, 11) is 2.33. The molecule has 0 bridgehead atoms. The number of amides is 2. The van der Waals surface area contributed by atoms with Gasteiger partial charge in [0.05, 0.1) is 12.7 Å². The lowest BCUT2D eigenvalue weighted by Gasteiger charge is -2.57. The first-order valence-electron chi connectivity index (χ1n) is 23.4. The van der Waals surface area contributed by atoms with Crippen LogP contribution in [0.1, 0.15) is 202 Å². The van der Waals surface area contributed by atoms with Gasteiger partial charge in [0.2, 0.25) is 11.8 Å². The molecule has 2 unspecified atom stereocenters. The fourth-order valence-electron chi connectivity index (χ4n) is 13.6. The van der Waals surface area contributed by atoms with Crippen LogP contribution in [0.25, 0.3) is 0 Å². The van der Waals surface area contributed by atoms with Gasteiger partial charge in [0.1, 0.15) is 6.17 Å². The van der Waals surface area contributed by atoms with Crippen molar-refractivity contribution in [2.45, 2.75) is 283 Å². The molecule has 4 heterocycles. The summed E-state index contributed by atoms with van der Waals surface area (Å²) >= 11 is 0. The van der Waals surface area contributed by atoms with Crippen molar-refractivity contribution in [2.75, 3.05) is 13.6 Å². The Morgan fingerprint density at radius 3 is 1.02 bits per heavy atom.